The zero-order valence-electron chi connectivity index (χ0n) is 14.2. The minimum Gasteiger partial charge on any atom is -0.490 e. The van der Waals surface area contributed by atoms with Crippen molar-refractivity contribution in [3.05, 3.63) is 42.4 Å². The third-order valence-corrected chi connectivity index (χ3v) is 4.10. The number of hydrogen-bond donors (Lipinski definition) is 1. The Bertz CT molecular complexity index is 730. The molecule has 0 radical (unpaired) electrons. The lowest BCUT2D eigenvalue weighted by atomic mass is 10.1. The Morgan fingerprint density at radius 2 is 1.88 bits per heavy atom. The largest absolute Gasteiger partial charge is 0.490 e. The number of nitrogen functional groups attached to an aromatic ring is 1. The lowest BCUT2D eigenvalue weighted by Crippen LogP contribution is -2.42. The molecule has 0 bridgehead atoms. The van der Waals surface area contributed by atoms with Gasteiger partial charge in [-0.25, -0.2) is 9.97 Å². The minimum absolute atomic E-state index is 0.0462. The first-order valence-electron chi connectivity index (χ1n) is 8.43. The highest BCUT2D eigenvalue weighted by atomic mass is 16.5. The molecule has 7 nitrogen and oxygen atoms in total. The van der Waals surface area contributed by atoms with E-state index in [1.165, 1.54) is 12.4 Å². The van der Waals surface area contributed by atoms with Gasteiger partial charge in [0.25, 0.3) is 5.91 Å². The minimum atomic E-state index is -0.182. The molecule has 0 spiro atoms. The van der Waals surface area contributed by atoms with Gasteiger partial charge in [-0.3, -0.25) is 4.79 Å². The maximum Gasteiger partial charge on any atom is 0.276 e. The van der Waals surface area contributed by atoms with E-state index in [-0.39, 0.29) is 23.5 Å². The van der Waals surface area contributed by atoms with E-state index in [0.717, 1.165) is 24.3 Å². The summed E-state index contributed by atoms with van der Waals surface area (Å²) in [5.74, 6) is 1.47. The van der Waals surface area contributed by atoms with Crippen molar-refractivity contribution in [1.29, 1.82) is 0 Å². The van der Waals surface area contributed by atoms with Crippen molar-refractivity contribution in [1.82, 2.24) is 14.9 Å². The van der Waals surface area contributed by atoms with Crippen LogP contribution < -0.4 is 15.2 Å². The van der Waals surface area contributed by atoms with Gasteiger partial charge < -0.3 is 20.1 Å². The van der Waals surface area contributed by atoms with Gasteiger partial charge in [0.1, 0.15) is 6.10 Å². The number of carbonyl (C=O) groups is 1. The fourth-order valence-corrected chi connectivity index (χ4v) is 2.84. The highest BCUT2D eigenvalue weighted by Gasteiger charge is 2.27. The van der Waals surface area contributed by atoms with Crippen molar-refractivity contribution in [2.75, 3.05) is 25.4 Å². The van der Waals surface area contributed by atoms with E-state index in [4.69, 9.17) is 15.2 Å². The van der Waals surface area contributed by atoms with E-state index >= 15 is 0 Å². The van der Waals surface area contributed by atoms with Gasteiger partial charge >= 0.3 is 0 Å². The molecular formula is C18H22N4O3. The third kappa shape index (κ3) is 3.99. The summed E-state index contributed by atoms with van der Waals surface area (Å²) < 4.78 is 11.7. The smallest absolute Gasteiger partial charge is 0.276 e. The molecule has 1 saturated heterocycles. The number of anilines is 1. The number of ether oxygens (including phenoxy) is 2. The van der Waals surface area contributed by atoms with Crippen molar-refractivity contribution in [3.63, 3.8) is 0 Å². The van der Waals surface area contributed by atoms with Crippen LogP contribution in [0.15, 0.2) is 36.7 Å². The summed E-state index contributed by atoms with van der Waals surface area (Å²) in [6.45, 7) is 3.72. The first-order valence-corrected chi connectivity index (χ1v) is 8.43. The lowest BCUT2D eigenvalue weighted by molar-refractivity contribution is 0.0584. The zero-order valence-corrected chi connectivity index (χ0v) is 14.2. The molecule has 0 aliphatic carbocycles. The predicted molar refractivity (Wildman–Crippen MR) is 93.6 cm³/mol. The molecule has 1 fully saturated rings. The number of nitrogens with two attached hydrogens (primary N) is 1. The van der Waals surface area contributed by atoms with E-state index in [0.29, 0.717) is 19.7 Å². The number of piperidine rings is 1. The fourth-order valence-electron chi connectivity index (χ4n) is 2.84. The first-order chi connectivity index (χ1) is 12.2. The van der Waals surface area contributed by atoms with Gasteiger partial charge in [-0.1, -0.05) is 12.1 Å². The van der Waals surface area contributed by atoms with E-state index < -0.39 is 0 Å². The van der Waals surface area contributed by atoms with Crippen LogP contribution in [-0.4, -0.2) is 46.6 Å². The number of para-hydroxylation sites is 2. The highest BCUT2D eigenvalue weighted by molar-refractivity contribution is 5.96. The number of aromatic nitrogens is 2. The number of likely N-dealkylation sites (tertiary alicyclic amines) is 1. The topological polar surface area (TPSA) is 90.6 Å². The molecule has 1 aliphatic rings. The van der Waals surface area contributed by atoms with Gasteiger partial charge in [-0.15, -0.1) is 0 Å². The first kappa shape index (κ1) is 17.0. The van der Waals surface area contributed by atoms with E-state index in [2.05, 4.69) is 9.97 Å². The number of rotatable bonds is 5. The van der Waals surface area contributed by atoms with Crippen LogP contribution in [-0.2, 0) is 0 Å². The molecule has 3 rings (SSSR count). The van der Waals surface area contributed by atoms with Crippen molar-refractivity contribution in [3.8, 4) is 11.5 Å². The summed E-state index contributed by atoms with van der Waals surface area (Å²) in [7, 11) is 0. The molecule has 2 heterocycles. The Hall–Kier alpha value is -2.83. The Balaban J connectivity index is 1.59. The number of carbonyl (C=O) groups excluding carboxylic acids is 1. The molecule has 1 aliphatic heterocycles. The van der Waals surface area contributed by atoms with Gasteiger partial charge in [0, 0.05) is 38.3 Å². The van der Waals surface area contributed by atoms with Crippen LogP contribution in [0.4, 0.5) is 5.82 Å². The van der Waals surface area contributed by atoms with Crippen LogP contribution in [0.25, 0.3) is 0 Å². The average Bonchev–Trinajstić information content (AvgIpc) is 2.64. The molecule has 2 aromatic rings. The number of nitrogens with zero attached hydrogens (tertiary/aromatic N) is 3. The van der Waals surface area contributed by atoms with E-state index in [1.807, 2.05) is 31.2 Å². The van der Waals surface area contributed by atoms with E-state index in [1.54, 1.807) is 4.90 Å². The van der Waals surface area contributed by atoms with Gasteiger partial charge in [0.05, 0.1) is 6.61 Å². The Morgan fingerprint density at radius 3 is 2.56 bits per heavy atom. The number of benzene rings is 1. The molecule has 1 aromatic heterocycles. The number of amides is 1. The van der Waals surface area contributed by atoms with Crippen LogP contribution in [0, 0.1) is 0 Å². The average molecular weight is 342 g/mol. The van der Waals surface area contributed by atoms with Crippen LogP contribution in [0.2, 0.25) is 0 Å². The molecule has 7 heteroatoms. The van der Waals surface area contributed by atoms with E-state index in [9.17, 15) is 4.79 Å². The highest BCUT2D eigenvalue weighted by Crippen LogP contribution is 2.29. The van der Waals surface area contributed by atoms with Crippen LogP contribution in [0.3, 0.4) is 0 Å². The summed E-state index contributed by atoms with van der Waals surface area (Å²) in [6, 6.07) is 7.65. The Morgan fingerprint density at radius 1 is 1.20 bits per heavy atom. The van der Waals surface area contributed by atoms with Gasteiger partial charge in [0.15, 0.2) is 23.0 Å². The second kappa shape index (κ2) is 7.83. The summed E-state index contributed by atoms with van der Waals surface area (Å²) in [6.07, 6.45) is 4.48. The molecule has 25 heavy (non-hydrogen) atoms. The molecule has 0 saturated carbocycles. The standard InChI is InChI=1S/C18H22N4O3/c1-2-24-14-5-3-4-6-15(14)25-13-7-11-22(12-8-13)18(23)16-17(19)21-10-9-20-16/h3-6,9-10,13H,2,7-8,11-12H2,1H3,(H2,19,21). The Kier molecular flexibility index (Phi) is 5.33. The van der Waals surface area contributed by atoms with Crippen LogP contribution >= 0.6 is 0 Å². The van der Waals surface area contributed by atoms with Crippen molar-refractivity contribution in [2.45, 2.75) is 25.9 Å². The molecule has 0 unspecified atom stereocenters. The third-order valence-electron chi connectivity index (χ3n) is 4.10. The zero-order chi connectivity index (χ0) is 17.6. The molecule has 1 amide bonds. The maximum atomic E-state index is 12.5. The van der Waals surface area contributed by atoms with Crippen LogP contribution in [0.5, 0.6) is 11.5 Å². The second-order valence-corrected chi connectivity index (χ2v) is 5.78. The quantitative estimate of drug-likeness (QED) is 0.895. The lowest BCUT2D eigenvalue weighted by Gasteiger charge is -2.32. The van der Waals surface area contributed by atoms with Crippen molar-refractivity contribution >= 4 is 11.7 Å². The van der Waals surface area contributed by atoms with Gasteiger partial charge in [-0.2, -0.15) is 0 Å². The Labute approximate surface area is 146 Å². The fraction of sp³-hybridized carbons (Fsp3) is 0.389. The predicted octanol–water partition coefficient (Wildman–Crippen LogP) is 2.14. The monoisotopic (exact) mass is 342 g/mol. The molecule has 1 aromatic carbocycles. The second-order valence-electron chi connectivity index (χ2n) is 5.78. The SMILES string of the molecule is CCOc1ccccc1OC1CCN(C(=O)c2nccnc2N)CC1. The van der Waals surface area contributed by atoms with Crippen LogP contribution in [0.1, 0.15) is 30.3 Å². The maximum absolute atomic E-state index is 12.5. The normalized spacial score (nSPS) is 15.0. The summed E-state index contributed by atoms with van der Waals surface area (Å²) in [5.41, 5.74) is 5.95. The summed E-state index contributed by atoms with van der Waals surface area (Å²) in [5, 5.41) is 0. The van der Waals surface area contributed by atoms with Gasteiger partial charge in [-0.05, 0) is 19.1 Å². The van der Waals surface area contributed by atoms with Crippen molar-refractivity contribution < 1.29 is 14.3 Å². The van der Waals surface area contributed by atoms with Crippen molar-refractivity contribution in [2.24, 2.45) is 0 Å². The summed E-state index contributed by atoms with van der Waals surface area (Å²) >= 11 is 0. The summed E-state index contributed by atoms with van der Waals surface area (Å²) in [4.78, 5) is 22.2. The molecule has 0 atom stereocenters. The molecule has 132 valence electrons. The molecule has 2 N–H and O–H groups in total. The number of hydrogen-bond acceptors (Lipinski definition) is 6. The van der Waals surface area contributed by atoms with Gasteiger partial charge in [0.2, 0.25) is 0 Å². The molecular weight excluding hydrogens is 320 g/mol.